The Labute approximate surface area is 74.0 Å². The summed E-state index contributed by atoms with van der Waals surface area (Å²) in [5, 5.41) is 0. The fraction of sp³-hybridized carbons (Fsp3) is 1.00. The van der Waals surface area contributed by atoms with Gasteiger partial charge in [0.1, 0.15) is 15.3 Å². The Bertz CT molecular complexity index is 87.1. The van der Waals surface area contributed by atoms with E-state index >= 15 is 0 Å². The normalized spacial score (nSPS) is 18.3. The van der Waals surface area contributed by atoms with Gasteiger partial charge < -0.3 is 4.12 Å². The van der Waals surface area contributed by atoms with Crippen molar-refractivity contribution in [2.24, 2.45) is 0 Å². The van der Waals surface area contributed by atoms with Crippen LogP contribution >= 0.6 is 34.3 Å². The zero-order valence-electron chi connectivity index (χ0n) is 5.33. The maximum atomic E-state index is 5.90. The van der Waals surface area contributed by atoms with Gasteiger partial charge in [0.15, 0.2) is 0 Å². The summed E-state index contributed by atoms with van der Waals surface area (Å²) in [5.41, 5.74) is 0. The predicted octanol–water partition coefficient (Wildman–Crippen LogP) is 1.40. The quantitative estimate of drug-likeness (QED) is 0.399. The topological polar surface area (TPSA) is 9.23 Å². The molecular weight excluding hydrogens is 215 g/mol. The molecular formula is C3H9Cl3OSi2. The molecule has 0 aliphatic heterocycles. The fourth-order valence-electron chi connectivity index (χ4n) is 0.359. The average Bonchev–Trinajstić information content (AvgIpc) is 1.63. The van der Waals surface area contributed by atoms with E-state index in [4.69, 9.17) is 38.4 Å². The first-order chi connectivity index (χ1) is 3.98. The molecule has 0 amide bonds. The number of alkyl halides is 2. The Morgan fingerprint density at radius 3 is 2.22 bits per heavy atom. The van der Waals surface area contributed by atoms with Gasteiger partial charge in [-0.15, -0.1) is 34.3 Å². The number of hydrogen-bond acceptors (Lipinski definition) is 1. The molecule has 56 valence electrons. The lowest BCUT2D eigenvalue weighted by molar-refractivity contribution is 0.626. The van der Waals surface area contributed by atoms with E-state index in [9.17, 15) is 0 Å². The Balaban J connectivity index is 3.58. The van der Waals surface area contributed by atoms with Gasteiger partial charge in [0, 0.05) is 6.04 Å². The van der Waals surface area contributed by atoms with E-state index in [-0.39, 0.29) is 4.84 Å². The van der Waals surface area contributed by atoms with Crippen molar-refractivity contribution >= 4 is 52.4 Å². The van der Waals surface area contributed by atoms with Crippen LogP contribution in [0.15, 0.2) is 0 Å². The predicted molar refractivity (Wildman–Crippen MR) is 48.8 cm³/mol. The smallest absolute Gasteiger partial charge is 0.279 e. The van der Waals surface area contributed by atoms with E-state index in [0.717, 1.165) is 0 Å². The van der Waals surface area contributed by atoms with Crippen molar-refractivity contribution in [3.8, 4) is 0 Å². The van der Waals surface area contributed by atoms with Crippen LogP contribution in [0.5, 0.6) is 0 Å². The summed E-state index contributed by atoms with van der Waals surface area (Å²) >= 11 is 16.9. The van der Waals surface area contributed by atoms with Crippen molar-refractivity contribution < 1.29 is 4.12 Å². The third-order valence-corrected chi connectivity index (χ3v) is 8.16. The van der Waals surface area contributed by atoms with Crippen LogP contribution in [0.25, 0.3) is 0 Å². The summed E-state index contributed by atoms with van der Waals surface area (Å²) in [4.78, 5) is -0.381. The highest BCUT2D eigenvalue weighted by molar-refractivity contribution is 7.17. The van der Waals surface area contributed by atoms with Gasteiger partial charge in [-0.25, -0.2) is 0 Å². The van der Waals surface area contributed by atoms with Crippen LogP contribution in [0.2, 0.25) is 12.6 Å². The maximum Gasteiger partial charge on any atom is 0.279 e. The van der Waals surface area contributed by atoms with Crippen molar-refractivity contribution in [1.29, 1.82) is 0 Å². The molecule has 0 radical (unpaired) electrons. The maximum absolute atomic E-state index is 5.90. The molecule has 9 heavy (non-hydrogen) atoms. The number of rotatable bonds is 3. The average molecular weight is 224 g/mol. The summed E-state index contributed by atoms with van der Waals surface area (Å²) in [6, 6.07) is 0.598. The van der Waals surface area contributed by atoms with E-state index in [0.29, 0.717) is 16.5 Å². The lowest BCUT2D eigenvalue weighted by atomic mass is 10.9. The zero-order chi connectivity index (χ0) is 7.49. The fourth-order valence-corrected chi connectivity index (χ4v) is 4.28. The monoisotopic (exact) mass is 222 g/mol. The van der Waals surface area contributed by atoms with Gasteiger partial charge in [-0.2, -0.15) is 0 Å². The van der Waals surface area contributed by atoms with E-state index < -0.39 is 7.63 Å². The van der Waals surface area contributed by atoms with Gasteiger partial charge in [-0.05, 0) is 6.55 Å². The molecule has 0 fully saturated rings. The van der Waals surface area contributed by atoms with Gasteiger partial charge in [-0.1, -0.05) is 0 Å². The molecule has 0 aromatic carbocycles. The van der Waals surface area contributed by atoms with Crippen LogP contribution in [-0.4, -0.2) is 22.9 Å². The van der Waals surface area contributed by atoms with Crippen LogP contribution < -0.4 is 0 Å². The van der Waals surface area contributed by atoms with Crippen molar-refractivity contribution in [2.75, 3.05) is 0 Å². The van der Waals surface area contributed by atoms with Crippen molar-refractivity contribution in [2.45, 2.75) is 17.4 Å². The van der Waals surface area contributed by atoms with Crippen LogP contribution in [0.3, 0.4) is 0 Å². The molecule has 6 heteroatoms. The summed E-state index contributed by atoms with van der Waals surface area (Å²) < 4.78 is 5.12. The van der Waals surface area contributed by atoms with Crippen molar-refractivity contribution in [3.63, 3.8) is 0 Å². The molecule has 1 nitrogen and oxygen atoms in total. The molecule has 0 saturated heterocycles. The molecule has 1 unspecified atom stereocenters. The van der Waals surface area contributed by atoms with Gasteiger partial charge in [0.2, 0.25) is 0 Å². The van der Waals surface area contributed by atoms with Gasteiger partial charge in [-0.3, -0.25) is 0 Å². The second kappa shape index (κ2) is 4.21. The number of halogens is 3. The van der Waals surface area contributed by atoms with E-state index in [1.54, 1.807) is 0 Å². The Morgan fingerprint density at radius 1 is 1.67 bits per heavy atom. The summed E-state index contributed by atoms with van der Waals surface area (Å²) in [6.07, 6.45) is 0. The van der Waals surface area contributed by atoms with Gasteiger partial charge in [0.05, 0.1) is 0 Å². The largest absolute Gasteiger partial charge is 0.453 e. The van der Waals surface area contributed by atoms with Crippen molar-refractivity contribution in [1.82, 2.24) is 0 Å². The minimum atomic E-state index is -1.97. The number of hydrogen-bond donors (Lipinski definition) is 0. The van der Waals surface area contributed by atoms with Crippen molar-refractivity contribution in [3.05, 3.63) is 0 Å². The first-order valence-corrected chi connectivity index (χ1v) is 7.82. The molecule has 0 spiro atoms. The minimum absolute atomic E-state index is 0.381. The van der Waals surface area contributed by atoms with E-state index in [1.165, 1.54) is 0 Å². The highest BCUT2D eigenvalue weighted by Crippen LogP contribution is 2.22. The molecule has 0 N–H and O–H groups in total. The zero-order valence-corrected chi connectivity index (χ0v) is 10.6. The molecule has 0 rings (SSSR count). The standard InChI is InChI=1S/C3H9Cl3OSi2/c1-9(6,7-8)2-3(4)5/h3H,2H2,1,8H3. The lowest BCUT2D eigenvalue weighted by Gasteiger charge is -2.17. The van der Waals surface area contributed by atoms with Gasteiger partial charge in [0.25, 0.3) is 7.63 Å². The van der Waals surface area contributed by atoms with Crippen LogP contribution in [0, 0.1) is 0 Å². The second-order valence-corrected chi connectivity index (χ2v) is 9.82. The second-order valence-electron chi connectivity index (χ2n) is 1.90. The van der Waals surface area contributed by atoms with E-state index in [1.807, 2.05) is 6.55 Å². The molecule has 0 heterocycles. The molecule has 0 aliphatic carbocycles. The van der Waals surface area contributed by atoms with E-state index in [2.05, 4.69) is 0 Å². The summed E-state index contributed by atoms with van der Waals surface area (Å²) in [6.45, 7) is 1.89. The molecule has 0 bridgehead atoms. The molecule has 0 aliphatic rings. The molecule has 0 saturated carbocycles. The SMILES string of the molecule is C[Si](Cl)(CC(Cl)Cl)O[SiH3]. The minimum Gasteiger partial charge on any atom is -0.453 e. The third-order valence-electron chi connectivity index (χ3n) is 0.945. The van der Waals surface area contributed by atoms with Crippen LogP contribution in [-0.2, 0) is 4.12 Å². The highest BCUT2D eigenvalue weighted by atomic mass is 35.6. The third kappa shape index (κ3) is 5.70. The first kappa shape index (κ1) is 10.3. The first-order valence-electron chi connectivity index (χ1n) is 2.50. The highest BCUT2D eigenvalue weighted by Gasteiger charge is 2.26. The Morgan fingerprint density at radius 2 is 2.11 bits per heavy atom. The van der Waals surface area contributed by atoms with Gasteiger partial charge >= 0.3 is 0 Å². The molecule has 0 aromatic rings. The Hall–Kier alpha value is 1.26. The molecule has 0 aromatic heterocycles. The Kier molecular flexibility index (Phi) is 4.80. The summed E-state index contributed by atoms with van der Waals surface area (Å²) in [7, 11) is -1.30. The lowest BCUT2D eigenvalue weighted by Crippen LogP contribution is -2.28. The molecule has 1 atom stereocenters. The summed E-state index contributed by atoms with van der Waals surface area (Å²) in [5.74, 6) is 0. The van der Waals surface area contributed by atoms with Crippen LogP contribution in [0.4, 0.5) is 0 Å². The van der Waals surface area contributed by atoms with Crippen LogP contribution in [0.1, 0.15) is 0 Å².